The standard InChI is InChI=1S/C14H17N3OS/c1-9(7-15)14(18)17-12-5-3-11(4-6-12)13-8-19-10(2)16-13/h3-6,8-9H,7,15H2,1-2H3,(H,17,18). The summed E-state index contributed by atoms with van der Waals surface area (Å²) in [6.45, 7) is 4.14. The van der Waals surface area contributed by atoms with E-state index in [-0.39, 0.29) is 11.8 Å². The summed E-state index contributed by atoms with van der Waals surface area (Å²) in [4.78, 5) is 16.1. The van der Waals surface area contributed by atoms with E-state index in [1.165, 1.54) is 0 Å². The molecule has 0 aliphatic heterocycles. The van der Waals surface area contributed by atoms with Gasteiger partial charge in [0.15, 0.2) is 0 Å². The van der Waals surface area contributed by atoms with Crippen molar-refractivity contribution in [2.45, 2.75) is 13.8 Å². The summed E-state index contributed by atoms with van der Waals surface area (Å²) in [7, 11) is 0. The molecule has 0 saturated heterocycles. The van der Waals surface area contributed by atoms with Gasteiger partial charge in [0.05, 0.1) is 10.7 Å². The molecule has 2 aromatic rings. The monoisotopic (exact) mass is 275 g/mol. The van der Waals surface area contributed by atoms with Gasteiger partial charge in [0, 0.05) is 29.1 Å². The molecule has 1 aromatic heterocycles. The Kier molecular flexibility index (Phi) is 4.29. The van der Waals surface area contributed by atoms with Gasteiger partial charge in [0.25, 0.3) is 0 Å². The molecule has 0 spiro atoms. The van der Waals surface area contributed by atoms with Crippen molar-refractivity contribution in [3.05, 3.63) is 34.7 Å². The first-order valence-electron chi connectivity index (χ1n) is 6.13. The van der Waals surface area contributed by atoms with Crippen LogP contribution in [0, 0.1) is 12.8 Å². The second-order valence-electron chi connectivity index (χ2n) is 4.46. The predicted octanol–water partition coefficient (Wildman–Crippen LogP) is 2.65. The van der Waals surface area contributed by atoms with Crippen molar-refractivity contribution in [3.8, 4) is 11.3 Å². The molecule has 0 aliphatic rings. The van der Waals surface area contributed by atoms with Gasteiger partial charge in [-0.15, -0.1) is 11.3 Å². The van der Waals surface area contributed by atoms with E-state index in [1.807, 2.05) is 43.5 Å². The van der Waals surface area contributed by atoms with E-state index < -0.39 is 0 Å². The minimum absolute atomic E-state index is 0.0558. The van der Waals surface area contributed by atoms with Gasteiger partial charge >= 0.3 is 0 Å². The number of amides is 1. The number of nitrogens with one attached hydrogen (secondary N) is 1. The molecule has 1 heterocycles. The topological polar surface area (TPSA) is 68.0 Å². The zero-order valence-corrected chi connectivity index (χ0v) is 11.8. The van der Waals surface area contributed by atoms with Gasteiger partial charge in [-0.25, -0.2) is 4.98 Å². The molecule has 100 valence electrons. The molecule has 0 bridgehead atoms. The largest absolute Gasteiger partial charge is 0.330 e. The Morgan fingerprint density at radius 2 is 2.11 bits per heavy atom. The third kappa shape index (κ3) is 3.39. The van der Waals surface area contributed by atoms with Crippen LogP contribution < -0.4 is 11.1 Å². The van der Waals surface area contributed by atoms with Crippen LogP contribution >= 0.6 is 11.3 Å². The van der Waals surface area contributed by atoms with Crippen molar-refractivity contribution in [3.63, 3.8) is 0 Å². The van der Waals surface area contributed by atoms with E-state index in [0.717, 1.165) is 22.0 Å². The molecule has 1 atom stereocenters. The number of anilines is 1. The number of rotatable bonds is 4. The highest BCUT2D eigenvalue weighted by molar-refractivity contribution is 7.09. The van der Waals surface area contributed by atoms with Crippen LogP contribution in [-0.4, -0.2) is 17.4 Å². The summed E-state index contributed by atoms with van der Waals surface area (Å²) in [5.41, 5.74) is 8.26. The molecule has 0 radical (unpaired) electrons. The molecular weight excluding hydrogens is 258 g/mol. The van der Waals surface area contributed by atoms with Crippen molar-refractivity contribution >= 4 is 22.9 Å². The quantitative estimate of drug-likeness (QED) is 0.901. The van der Waals surface area contributed by atoms with Crippen molar-refractivity contribution < 1.29 is 4.79 Å². The van der Waals surface area contributed by atoms with Gasteiger partial charge in [-0.2, -0.15) is 0 Å². The molecular formula is C14H17N3OS. The number of hydrogen-bond acceptors (Lipinski definition) is 4. The zero-order chi connectivity index (χ0) is 13.8. The van der Waals surface area contributed by atoms with E-state index in [1.54, 1.807) is 11.3 Å². The first kappa shape index (κ1) is 13.7. The molecule has 1 unspecified atom stereocenters. The molecule has 5 heteroatoms. The Bertz CT molecular complexity index is 562. The van der Waals surface area contributed by atoms with Gasteiger partial charge in [0.2, 0.25) is 5.91 Å². The predicted molar refractivity (Wildman–Crippen MR) is 79.1 cm³/mol. The van der Waals surface area contributed by atoms with E-state index in [2.05, 4.69) is 10.3 Å². The third-order valence-corrected chi connectivity index (χ3v) is 3.64. The number of hydrogen-bond donors (Lipinski definition) is 2. The normalized spacial score (nSPS) is 12.2. The summed E-state index contributed by atoms with van der Waals surface area (Å²) >= 11 is 1.63. The highest BCUT2D eigenvalue weighted by Gasteiger charge is 2.10. The van der Waals surface area contributed by atoms with Crippen LogP contribution in [0.25, 0.3) is 11.3 Å². The van der Waals surface area contributed by atoms with Crippen LogP contribution in [0.5, 0.6) is 0 Å². The fraction of sp³-hybridized carbons (Fsp3) is 0.286. The lowest BCUT2D eigenvalue weighted by molar-refractivity contribution is -0.119. The average Bonchev–Trinajstić information content (AvgIpc) is 2.85. The maximum atomic E-state index is 11.7. The fourth-order valence-electron chi connectivity index (χ4n) is 1.59. The van der Waals surface area contributed by atoms with E-state index in [0.29, 0.717) is 6.54 Å². The molecule has 0 aliphatic carbocycles. The Hall–Kier alpha value is -1.72. The maximum Gasteiger partial charge on any atom is 0.228 e. The molecule has 1 aromatic carbocycles. The highest BCUT2D eigenvalue weighted by atomic mass is 32.1. The number of carbonyl (C=O) groups excluding carboxylic acids is 1. The van der Waals surface area contributed by atoms with Crippen molar-refractivity contribution in [2.75, 3.05) is 11.9 Å². The average molecular weight is 275 g/mol. The maximum absolute atomic E-state index is 11.7. The summed E-state index contributed by atoms with van der Waals surface area (Å²) < 4.78 is 0. The second kappa shape index (κ2) is 5.95. The second-order valence-corrected chi connectivity index (χ2v) is 5.52. The van der Waals surface area contributed by atoms with Gasteiger partial charge in [-0.3, -0.25) is 4.79 Å². The first-order valence-corrected chi connectivity index (χ1v) is 7.01. The summed E-state index contributed by atoms with van der Waals surface area (Å²) in [6.07, 6.45) is 0. The molecule has 0 saturated carbocycles. The van der Waals surface area contributed by atoms with Gasteiger partial charge in [0.1, 0.15) is 0 Å². The number of carbonyl (C=O) groups is 1. The van der Waals surface area contributed by atoms with E-state index >= 15 is 0 Å². The van der Waals surface area contributed by atoms with Crippen molar-refractivity contribution in [1.29, 1.82) is 0 Å². The summed E-state index contributed by atoms with van der Waals surface area (Å²) in [5, 5.41) is 5.91. The Morgan fingerprint density at radius 3 is 2.63 bits per heavy atom. The minimum Gasteiger partial charge on any atom is -0.330 e. The number of nitrogens with two attached hydrogens (primary N) is 1. The van der Waals surface area contributed by atoms with Gasteiger partial charge < -0.3 is 11.1 Å². The third-order valence-electron chi connectivity index (χ3n) is 2.87. The number of thiazole rings is 1. The van der Waals surface area contributed by atoms with Crippen molar-refractivity contribution in [2.24, 2.45) is 11.7 Å². The van der Waals surface area contributed by atoms with Crippen LogP contribution in [0.15, 0.2) is 29.6 Å². The Morgan fingerprint density at radius 1 is 1.42 bits per heavy atom. The number of nitrogens with zero attached hydrogens (tertiary/aromatic N) is 1. The smallest absolute Gasteiger partial charge is 0.228 e. The zero-order valence-electron chi connectivity index (χ0n) is 11.0. The number of aryl methyl sites for hydroxylation is 1. The van der Waals surface area contributed by atoms with Crippen LogP contribution in [0.3, 0.4) is 0 Å². The molecule has 3 N–H and O–H groups in total. The summed E-state index contributed by atoms with van der Waals surface area (Å²) in [6, 6.07) is 7.67. The SMILES string of the molecule is Cc1nc(-c2ccc(NC(=O)C(C)CN)cc2)cs1. The molecule has 0 fully saturated rings. The van der Waals surface area contributed by atoms with Crippen LogP contribution in [0.1, 0.15) is 11.9 Å². The first-order chi connectivity index (χ1) is 9.10. The molecule has 1 amide bonds. The van der Waals surface area contributed by atoms with Gasteiger partial charge in [-0.05, 0) is 19.1 Å². The van der Waals surface area contributed by atoms with Crippen LogP contribution in [0.4, 0.5) is 5.69 Å². The molecule has 4 nitrogen and oxygen atoms in total. The highest BCUT2D eigenvalue weighted by Crippen LogP contribution is 2.23. The lowest BCUT2D eigenvalue weighted by Gasteiger charge is -2.10. The minimum atomic E-state index is -0.180. The van der Waals surface area contributed by atoms with E-state index in [4.69, 9.17) is 5.73 Å². The van der Waals surface area contributed by atoms with Gasteiger partial charge in [-0.1, -0.05) is 19.1 Å². The number of benzene rings is 1. The lowest BCUT2D eigenvalue weighted by atomic mass is 10.1. The Balaban J connectivity index is 2.08. The van der Waals surface area contributed by atoms with Crippen LogP contribution in [0.2, 0.25) is 0 Å². The lowest BCUT2D eigenvalue weighted by Crippen LogP contribution is -2.26. The Labute approximate surface area is 116 Å². The summed E-state index contributed by atoms with van der Waals surface area (Å²) in [5.74, 6) is -0.236. The van der Waals surface area contributed by atoms with Crippen molar-refractivity contribution in [1.82, 2.24) is 4.98 Å². The fourth-order valence-corrected chi connectivity index (χ4v) is 2.21. The number of aromatic nitrogens is 1. The van der Waals surface area contributed by atoms with Crippen LogP contribution in [-0.2, 0) is 4.79 Å². The molecule has 19 heavy (non-hydrogen) atoms. The molecule has 2 rings (SSSR count). The van der Waals surface area contributed by atoms with E-state index in [9.17, 15) is 4.79 Å².